The fraction of sp³-hybridized carbons (Fsp3) is 0.167. The second kappa shape index (κ2) is 5.52. The van der Waals surface area contributed by atoms with Crippen LogP contribution in [0.3, 0.4) is 0 Å². The van der Waals surface area contributed by atoms with Gasteiger partial charge in [0.15, 0.2) is 0 Å². The fourth-order valence-electron chi connectivity index (χ4n) is 1.73. The molecule has 0 atom stereocenters. The SMILES string of the molecule is CCN(c1ccccc1N)S(=O)(=O)c1ccc(Br)s1. The molecule has 7 heteroatoms. The molecule has 0 bridgehead atoms. The quantitative estimate of drug-likeness (QED) is 0.850. The molecular weight excluding hydrogens is 348 g/mol. The molecule has 2 rings (SSSR count). The maximum atomic E-state index is 12.6. The van der Waals surface area contributed by atoms with Crippen molar-refractivity contribution in [3.05, 3.63) is 40.2 Å². The zero-order valence-electron chi connectivity index (χ0n) is 10.2. The third-order valence-electron chi connectivity index (χ3n) is 2.59. The first-order valence-corrected chi connectivity index (χ1v) is 8.64. The third-order valence-corrected chi connectivity index (χ3v) is 6.57. The molecule has 0 unspecified atom stereocenters. The van der Waals surface area contributed by atoms with Crippen molar-refractivity contribution in [2.24, 2.45) is 0 Å². The molecule has 0 aliphatic heterocycles. The lowest BCUT2D eigenvalue weighted by molar-refractivity contribution is 0.594. The van der Waals surface area contributed by atoms with Crippen molar-refractivity contribution in [2.45, 2.75) is 11.1 Å². The highest BCUT2D eigenvalue weighted by Crippen LogP contribution is 2.33. The maximum Gasteiger partial charge on any atom is 0.273 e. The van der Waals surface area contributed by atoms with Gasteiger partial charge in [-0.1, -0.05) is 12.1 Å². The van der Waals surface area contributed by atoms with Crippen LogP contribution in [0, 0.1) is 0 Å². The fourth-order valence-corrected chi connectivity index (χ4v) is 5.35. The van der Waals surface area contributed by atoms with E-state index in [2.05, 4.69) is 15.9 Å². The molecule has 0 spiro atoms. The number of thiophene rings is 1. The minimum absolute atomic E-state index is 0.296. The number of nitrogen functional groups attached to an aromatic ring is 1. The van der Waals surface area contributed by atoms with Crippen LogP contribution in [0.4, 0.5) is 11.4 Å². The van der Waals surface area contributed by atoms with E-state index in [1.54, 1.807) is 43.3 Å². The monoisotopic (exact) mass is 360 g/mol. The largest absolute Gasteiger partial charge is 0.397 e. The molecule has 2 aromatic rings. The van der Waals surface area contributed by atoms with Crippen molar-refractivity contribution in [1.82, 2.24) is 0 Å². The third kappa shape index (κ3) is 2.77. The van der Waals surface area contributed by atoms with Gasteiger partial charge in [0.05, 0.1) is 15.2 Å². The van der Waals surface area contributed by atoms with Crippen LogP contribution in [0.1, 0.15) is 6.92 Å². The van der Waals surface area contributed by atoms with Crippen molar-refractivity contribution < 1.29 is 8.42 Å². The van der Waals surface area contributed by atoms with Crippen molar-refractivity contribution in [2.75, 3.05) is 16.6 Å². The number of para-hydroxylation sites is 2. The molecule has 102 valence electrons. The van der Waals surface area contributed by atoms with Gasteiger partial charge in [0.25, 0.3) is 10.0 Å². The van der Waals surface area contributed by atoms with Crippen molar-refractivity contribution in [3.63, 3.8) is 0 Å². The smallest absolute Gasteiger partial charge is 0.273 e. The Bertz CT molecular complexity index is 683. The predicted molar refractivity (Wildman–Crippen MR) is 83.1 cm³/mol. The highest BCUT2D eigenvalue weighted by molar-refractivity contribution is 9.11. The van der Waals surface area contributed by atoms with Crippen LogP contribution in [0.25, 0.3) is 0 Å². The summed E-state index contributed by atoms with van der Waals surface area (Å²) in [4.78, 5) is 0. The summed E-state index contributed by atoms with van der Waals surface area (Å²) in [5, 5.41) is 0. The summed E-state index contributed by atoms with van der Waals surface area (Å²) in [6.45, 7) is 2.11. The van der Waals surface area contributed by atoms with E-state index >= 15 is 0 Å². The Morgan fingerprint density at radius 3 is 2.47 bits per heavy atom. The molecule has 4 nitrogen and oxygen atoms in total. The number of anilines is 2. The summed E-state index contributed by atoms with van der Waals surface area (Å²) >= 11 is 4.46. The number of rotatable bonds is 4. The standard InChI is InChI=1S/C12H13BrN2O2S2/c1-2-15(10-6-4-3-5-9(10)14)19(16,17)12-8-7-11(13)18-12/h3-8H,2,14H2,1H3. The molecule has 0 radical (unpaired) electrons. The van der Waals surface area contributed by atoms with Crippen LogP contribution >= 0.6 is 27.3 Å². The van der Waals surface area contributed by atoms with E-state index in [0.717, 1.165) is 3.79 Å². The zero-order valence-corrected chi connectivity index (χ0v) is 13.4. The van der Waals surface area contributed by atoms with E-state index in [0.29, 0.717) is 22.1 Å². The molecule has 1 heterocycles. The Balaban J connectivity index is 2.51. The van der Waals surface area contributed by atoms with E-state index in [1.807, 2.05) is 0 Å². The van der Waals surface area contributed by atoms with Gasteiger partial charge in [0, 0.05) is 6.54 Å². The Morgan fingerprint density at radius 1 is 1.26 bits per heavy atom. The van der Waals surface area contributed by atoms with Crippen LogP contribution in [0.15, 0.2) is 44.4 Å². The summed E-state index contributed by atoms with van der Waals surface area (Å²) < 4.78 is 27.6. The van der Waals surface area contributed by atoms with Gasteiger partial charge >= 0.3 is 0 Å². The number of nitrogens with zero attached hydrogens (tertiary/aromatic N) is 1. The van der Waals surface area contributed by atoms with Gasteiger partial charge in [-0.05, 0) is 47.1 Å². The van der Waals surface area contributed by atoms with Crippen LogP contribution < -0.4 is 10.0 Å². The van der Waals surface area contributed by atoms with Gasteiger partial charge < -0.3 is 5.73 Å². The number of hydrogen-bond donors (Lipinski definition) is 1. The van der Waals surface area contributed by atoms with Gasteiger partial charge in [0.1, 0.15) is 4.21 Å². The van der Waals surface area contributed by atoms with Crippen LogP contribution in [0.2, 0.25) is 0 Å². The lowest BCUT2D eigenvalue weighted by Crippen LogP contribution is -2.30. The molecule has 1 aromatic carbocycles. The van der Waals surface area contributed by atoms with Gasteiger partial charge in [-0.15, -0.1) is 11.3 Å². The molecule has 0 saturated heterocycles. The van der Waals surface area contributed by atoms with Crippen molar-refractivity contribution in [1.29, 1.82) is 0 Å². The van der Waals surface area contributed by atoms with Crippen LogP contribution in [-0.2, 0) is 10.0 Å². The van der Waals surface area contributed by atoms with Crippen LogP contribution in [0.5, 0.6) is 0 Å². The molecule has 2 N–H and O–H groups in total. The Morgan fingerprint density at radius 2 is 1.95 bits per heavy atom. The minimum Gasteiger partial charge on any atom is -0.397 e. The highest BCUT2D eigenvalue weighted by Gasteiger charge is 2.26. The summed E-state index contributed by atoms with van der Waals surface area (Å²) in [6.07, 6.45) is 0. The van der Waals surface area contributed by atoms with Gasteiger partial charge in [-0.25, -0.2) is 8.42 Å². The maximum absolute atomic E-state index is 12.6. The first-order chi connectivity index (χ1) is 8.96. The Hall–Kier alpha value is -1.05. The van der Waals surface area contributed by atoms with E-state index in [1.165, 1.54) is 15.6 Å². The average Bonchev–Trinajstić information content (AvgIpc) is 2.80. The van der Waals surface area contributed by atoms with E-state index in [9.17, 15) is 8.42 Å². The van der Waals surface area contributed by atoms with Crippen molar-refractivity contribution >= 4 is 48.7 Å². The molecule has 0 saturated carbocycles. The lowest BCUT2D eigenvalue weighted by Gasteiger charge is -2.23. The zero-order chi connectivity index (χ0) is 14.0. The normalized spacial score (nSPS) is 11.5. The Labute approximate surface area is 125 Å². The second-order valence-corrected chi connectivity index (χ2v) is 8.34. The number of sulfonamides is 1. The summed E-state index contributed by atoms with van der Waals surface area (Å²) in [6, 6.07) is 10.3. The first kappa shape index (κ1) is 14.4. The van der Waals surface area contributed by atoms with Crippen molar-refractivity contribution in [3.8, 4) is 0 Å². The van der Waals surface area contributed by atoms with Gasteiger partial charge in [-0.3, -0.25) is 4.31 Å². The molecule has 0 aliphatic carbocycles. The Kier molecular flexibility index (Phi) is 4.17. The number of nitrogens with two attached hydrogens (primary N) is 1. The molecule has 0 aliphatic rings. The lowest BCUT2D eigenvalue weighted by atomic mass is 10.3. The highest BCUT2D eigenvalue weighted by atomic mass is 79.9. The van der Waals surface area contributed by atoms with Gasteiger partial charge in [0.2, 0.25) is 0 Å². The molecule has 0 amide bonds. The predicted octanol–water partition coefficient (Wildman–Crippen LogP) is 3.31. The summed E-state index contributed by atoms with van der Waals surface area (Å²) in [7, 11) is -3.56. The second-order valence-electron chi connectivity index (χ2n) is 3.79. The number of hydrogen-bond acceptors (Lipinski definition) is 4. The molecule has 19 heavy (non-hydrogen) atoms. The number of benzene rings is 1. The van der Waals surface area contributed by atoms with Gasteiger partial charge in [-0.2, -0.15) is 0 Å². The van der Waals surface area contributed by atoms with E-state index in [-0.39, 0.29) is 0 Å². The van der Waals surface area contributed by atoms with E-state index < -0.39 is 10.0 Å². The summed E-state index contributed by atoms with van der Waals surface area (Å²) in [5.41, 5.74) is 6.82. The number of halogens is 1. The average molecular weight is 361 g/mol. The molecule has 0 fully saturated rings. The minimum atomic E-state index is -3.56. The molecule has 1 aromatic heterocycles. The summed E-state index contributed by atoms with van der Waals surface area (Å²) in [5.74, 6) is 0. The van der Waals surface area contributed by atoms with E-state index in [4.69, 9.17) is 5.73 Å². The molecular formula is C12H13BrN2O2S2. The van der Waals surface area contributed by atoms with Crippen LogP contribution in [-0.4, -0.2) is 15.0 Å². The topological polar surface area (TPSA) is 63.4 Å². The first-order valence-electron chi connectivity index (χ1n) is 5.59.